The van der Waals surface area contributed by atoms with Crippen LogP contribution >= 0.6 is 0 Å². The van der Waals surface area contributed by atoms with Crippen LogP contribution in [0.3, 0.4) is 0 Å². The molecule has 0 atom stereocenters. The predicted octanol–water partition coefficient (Wildman–Crippen LogP) is 3.22. The molecule has 0 radical (unpaired) electrons. The lowest BCUT2D eigenvalue weighted by molar-refractivity contribution is 0.415. The van der Waals surface area contributed by atoms with Crippen LogP contribution in [-0.2, 0) is 0 Å². The van der Waals surface area contributed by atoms with Crippen molar-refractivity contribution in [2.75, 3.05) is 43.2 Å². The van der Waals surface area contributed by atoms with Crippen LogP contribution in [-0.4, -0.2) is 27.2 Å². The van der Waals surface area contributed by atoms with Crippen molar-refractivity contribution in [3.05, 3.63) is 48.5 Å². The first kappa shape index (κ1) is 15.0. The van der Waals surface area contributed by atoms with Crippen LogP contribution in [0.4, 0.5) is 17.1 Å². The number of anilines is 3. The zero-order valence-corrected chi connectivity index (χ0v) is 12.7. The SMILES string of the molecule is COc1ccc(NCCCN(C)c2ccccc2)c(N)c1. The van der Waals surface area contributed by atoms with Crippen LogP contribution in [0.25, 0.3) is 0 Å². The average molecular weight is 285 g/mol. The molecular formula is C17H23N3O. The van der Waals surface area contributed by atoms with E-state index in [1.807, 2.05) is 24.3 Å². The average Bonchev–Trinajstić information content (AvgIpc) is 2.53. The van der Waals surface area contributed by atoms with E-state index in [0.717, 1.165) is 30.9 Å². The number of ether oxygens (including phenoxy) is 1. The molecule has 2 aromatic carbocycles. The molecule has 2 aromatic rings. The van der Waals surface area contributed by atoms with Gasteiger partial charge in [-0.3, -0.25) is 0 Å². The van der Waals surface area contributed by atoms with Gasteiger partial charge in [-0.2, -0.15) is 0 Å². The van der Waals surface area contributed by atoms with E-state index in [9.17, 15) is 0 Å². The number of nitrogens with two attached hydrogens (primary N) is 1. The number of benzene rings is 2. The predicted molar refractivity (Wildman–Crippen MR) is 90.2 cm³/mol. The van der Waals surface area contributed by atoms with E-state index >= 15 is 0 Å². The molecule has 0 heterocycles. The Balaban J connectivity index is 1.77. The Morgan fingerprint density at radius 2 is 1.90 bits per heavy atom. The smallest absolute Gasteiger partial charge is 0.121 e. The van der Waals surface area contributed by atoms with E-state index in [0.29, 0.717) is 5.69 Å². The molecule has 0 aliphatic heterocycles. The Bertz CT molecular complexity index is 557. The Labute approximate surface area is 126 Å². The van der Waals surface area contributed by atoms with Crippen molar-refractivity contribution < 1.29 is 4.74 Å². The third kappa shape index (κ3) is 4.31. The standard InChI is InChI=1S/C17H23N3O/c1-20(14-7-4-3-5-8-14)12-6-11-19-17-10-9-15(21-2)13-16(17)18/h3-5,7-10,13,19H,6,11-12,18H2,1-2H3. The number of nitrogen functional groups attached to an aromatic ring is 1. The van der Waals surface area contributed by atoms with Crippen molar-refractivity contribution in [3.63, 3.8) is 0 Å². The second-order valence-electron chi connectivity index (χ2n) is 4.99. The van der Waals surface area contributed by atoms with Gasteiger partial charge in [0.1, 0.15) is 5.75 Å². The molecule has 0 bridgehead atoms. The van der Waals surface area contributed by atoms with E-state index in [2.05, 4.69) is 41.5 Å². The number of nitrogens with zero attached hydrogens (tertiary/aromatic N) is 1. The van der Waals surface area contributed by atoms with Gasteiger partial charge in [-0.15, -0.1) is 0 Å². The third-order valence-corrected chi connectivity index (χ3v) is 3.44. The first-order valence-electron chi connectivity index (χ1n) is 7.14. The first-order valence-corrected chi connectivity index (χ1v) is 7.14. The van der Waals surface area contributed by atoms with Gasteiger partial charge in [0.25, 0.3) is 0 Å². The maximum atomic E-state index is 5.98. The summed E-state index contributed by atoms with van der Waals surface area (Å²) >= 11 is 0. The van der Waals surface area contributed by atoms with E-state index < -0.39 is 0 Å². The van der Waals surface area contributed by atoms with Gasteiger partial charge in [0.2, 0.25) is 0 Å². The number of rotatable bonds is 7. The fraction of sp³-hybridized carbons (Fsp3) is 0.294. The summed E-state index contributed by atoms with van der Waals surface area (Å²) in [6.45, 7) is 1.88. The largest absolute Gasteiger partial charge is 0.497 e. The summed E-state index contributed by atoms with van der Waals surface area (Å²) in [7, 11) is 3.75. The number of nitrogens with one attached hydrogen (secondary N) is 1. The number of para-hydroxylation sites is 1. The van der Waals surface area contributed by atoms with Gasteiger partial charge in [-0.1, -0.05) is 18.2 Å². The lowest BCUT2D eigenvalue weighted by Crippen LogP contribution is -2.20. The van der Waals surface area contributed by atoms with Gasteiger partial charge in [-0.25, -0.2) is 0 Å². The van der Waals surface area contributed by atoms with Crippen molar-refractivity contribution in [1.29, 1.82) is 0 Å². The van der Waals surface area contributed by atoms with E-state index in [1.165, 1.54) is 5.69 Å². The molecule has 112 valence electrons. The summed E-state index contributed by atoms with van der Waals surface area (Å²) in [5.41, 5.74) is 8.88. The highest BCUT2D eigenvalue weighted by Crippen LogP contribution is 2.23. The molecule has 0 aliphatic rings. The van der Waals surface area contributed by atoms with Gasteiger partial charge in [-0.05, 0) is 30.7 Å². The molecule has 0 unspecified atom stereocenters. The molecule has 0 saturated heterocycles. The zero-order valence-electron chi connectivity index (χ0n) is 12.7. The number of methoxy groups -OCH3 is 1. The minimum atomic E-state index is 0.714. The van der Waals surface area contributed by atoms with E-state index in [-0.39, 0.29) is 0 Å². The zero-order chi connectivity index (χ0) is 15.1. The summed E-state index contributed by atoms with van der Waals surface area (Å²) in [5, 5.41) is 3.36. The summed E-state index contributed by atoms with van der Waals surface area (Å²) in [6.07, 6.45) is 1.04. The normalized spacial score (nSPS) is 10.2. The maximum Gasteiger partial charge on any atom is 0.121 e. The van der Waals surface area contributed by atoms with E-state index in [4.69, 9.17) is 10.5 Å². The Hall–Kier alpha value is -2.36. The van der Waals surface area contributed by atoms with Gasteiger partial charge in [0, 0.05) is 31.9 Å². The summed E-state index contributed by atoms with van der Waals surface area (Å²) in [5.74, 6) is 0.780. The minimum Gasteiger partial charge on any atom is -0.497 e. The lowest BCUT2D eigenvalue weighted by atomic mass is 10.2. The highest BCUT2D eigenvalue weighted by Gasteiger charge is 2.02. The summed E-state index contributed by atoms with van der Waals surface area (Å²) in [4.78, 5) is 2.25. The molecule has 0 spiro atoms. The molecule has 0 fully saturated rings. The Morgan fingerprint density at radius 1 is 1.14 bits per heavy atom. The summed E-state index contributed by atoms with van der Waals surface area (Å²) in [6, 6.07) is 16.1. The second-order valence-corrected chi connectivity index (χ2v) is 4.99. The van der Waals surface area contributed by atoms with Gasteiger partial charge in [0.15, 0.2) is 0 Å². The van der Waals surface area contributed by atoms with Gasteiger partial charge >= 0.3 is 0 Å². The number of hydrogen-bond donors (Lipinski definition) is 2. The first-order chi connectivity index (χ1) is 10.2. The van der Waals surface area contributed by atoms with Crippen molar-refractivity contribution in [2.24, 2.45) is 0 Å². The fourth-order valence-corrected chi connectivity index (χ4v) is 2.18. The molecule has 0 aliphatic carbocycles. The van der Waals surface area contributed by atoms with Crippen molar-refractivity contribution >= 4 is 17.1 Å². The van der Waals surface area contributed by atoms with Crippen molar-refractivity contribution in [2.45, 2.75) is 6.42 Å². The van der Waals surface area contributed by atoms with Crippen molar-refractivity contribution in [3.8, 4) is 5.75 Å². The van der Waals surface area contributed by atoms with Crippen molar-refractivity contribution in [1.82, 2.24) is 0 Å². The molecule has 3 N–H and O–H groups in total. The summed E-state index contributed by atoms with van der Waals surface area (Å²) < 4.78 is 5.14. The quantitative estimate of drug-likeness (QED) is 0.606. The van der Waals surface area contributed by atoms with Crippen LogP contribution in [0, 0.1) is 0 Å². The third-order valence-electron chi connectivity index (χ3n) is 3.44. The molecule has 0 aromatic heterocycles. The molecule has 4 heteroatoms. The molecule has 2 rings (SSSR count). The molecular weight excluding hydrogens is 262 g/mol. The molecule has 21 heavy (non-hydrogen) atoms. The van der Waals surface area contributed by atoms with Crippen LogP contribution < -0.4 is 20.7 Å². The Kier molecular flexibility index (Phi) is 5.32. The second kappa shape index (κ2) is 7.43. The van der Waals surface area contributed by atoms with Crippen LogP contribution in [0.1, 0.15) is 6.42 Å². The van der Waals surface area contributed by atoms with Crippen LogP contribution in [0.15, 0.2) is 48.5 Å². The van der Waals surface area contributed by atoms with Crippen LogP contribution in [0.5, 0.6) is 5.75 Å². The monoisotopic (exact) mass is 285 g/mol. The highest BCUT2D eigenvalue weighted by molar-refractivity contribution is 5.68. The van der Waals surface area contributed by atoms with Crippen LogP contribution in [0.2, 0.25) is 0 Å². The maximum absolute atomic E-state index is 5.98. The van der Waals surface area contributed by atoms with E-state index in [1.54, 1.807) is 7.11 Å². The topological polar surface area (TPSA) is 50.5 Å². The molecule has 4 nitrogen and oxygen atoms in total. The Morgan fingerprint density at radius 3 is 2.57 bits per heavy atom. The van der Waals surface area contributed by atoms with Gasteiger partial charge < -0.3 is 20.7 Å². The fourth-order valence-electron chi connectivity index (χ4n) is 2.18. The lowest BCUT2D eigenvalue weighted by Gasteiger charge is -2.19. The minimum absolute atomic E-state index is 0.714. The molecule has 0 amide bonds. The number of hydrogen-bond acceptors (Lipinski definition) is 4. The highest BCUT2D eigenvalue weighted by atomic mass is 16.5. The molecule has 0 saturated carbocycles. The van der Waals surface area contributed by atoms with Gasteiger partial charge in [0.05, 0.1) is 18.5 Å².